The predicted molar refractivity (Wildman–Crippen MR) is 109 cm³/mol. The van der Waals surface area contributed by atoms with Gasteiger partial charge in [-0.2, -0.15) is 0 Å². The highest BCUT2D eigenvalue weighted by atomic mass is 79.9. The maximum atomic E-state index is 12.5. The first-order valence-electron chi connectivity index (χ1n) is 8.30. The lowest BCUT2D eigenvalue weighted by Crippen LogP contribution is -2.37. The average Bonchev–Trinajstić information content (AvgIpc) is 3.25. The summed E-state index contributed by atoms with van der Waals surface area (Å²) in [5, 5.41) is 5.52. The van der Waals surface area contributed by atoms with Crippen molar-refractivity contribution in [1.29, 1.82) is 0 Å². The molecule has 144 valence electrons. The number of aryl methyl sites for hydroxylation is 2. The van der Waals surface area contributed by atoms with Crippen LogP contribution < -0.4 is 11.2 Å². The Morgan fingerprint density at radius 1 is 1.07 bits per heavy atom. The van der Waals surface area contributed by atoms with Gasteiger partial charge in [0.2, 0.25) is 5.16 Å². The summed E-state index contributed by atoms with van der Waals surface area (Å²) in [6.45, 7) is 0.576. The van der Waals surface area contributed by atoms with Crippen LogP contribution in [0.1, 0.15) is 5.56 Å². The molecule has 9 nitrogen and oxygen atoms in total. The van der Waals surface area contributed by atoms with Crippen LogP contribution in [0.15, 0.2) is 55.0 Å². The van der Waals surface area contributed by atoms with Crippen molar-refractivity contribution in [3.63, 3.8) is 0 Å². The average molecular weight is 462 g/mol. The zero-order valence-electron chi connectivity index (χ0n) is 15.3. The van der Waals surface area contributed by atoms with Crippen molar-refractivity contribution in [3.8, 4) is 0 Å². The number of halogens is 1. The first-order valence-corrected chi connectivity index (χ1v) is 9.91. The van der Waals surface area contributed by atoms with Crippen molar-refractivity contribution >= 4 is 38.9 Å². The fourth-order valence-electron chi connectivity index (χ4n) is 2.87. The van der Waals surface area contributed by atoms with Gasteiger partial charge in [0.15, 0.2) is 16.3 Å². The van der Waals surface area contributed by atoms with Gasteiger partial charge in [-0.1, -0.05) is 34.1 Å². The predicted octanol–water partition coefficient (Wildman–Crippen LogP) is 1.52. The van der Waals surface area contributed by atoms with E-state index in [1.807, 2.05) is 24.3 Å². The van der Waals surface area contributed by atoms with Crippen LogP contribution in [0, 0.1) is 0 Å². The molecule has 0 aliphatic rings. The van der Waals surface area contributed by atoms with Crippen LogP contribution in [-0.2, 0) is 27.7 Å². The standard InChI is InChI=1S/C17H16BrN7O2S/c1-22-12-13(23(2)17(27)24(3)14(12)26)20-16(22)28-15-19-9-25(21-15)8-10-6-4-5-7-11(10)18/h4-7,9H,8H2,1-3H3. The van der Waals surface area contributed by atoms with Crippen LogP contribution in [0.2, 0.25) is 0 Å². The minimum atomic E-state index is -0.414. The Kier molecular flexibility index (Phi) is 4.71. The molecule has 4 aromatic rings. The number of imidazole rings is 1. The Morgan fingerprint density at radius 2 is 1.82 bits per heavy atom. The van der Waals surface area contributed by atoms with Crippen molar-refractivity contribution in [3.05, 3.63) is 61.5 Å². The van der Waals surface area contributed by atoms with Crippen LogP contribution in [-0.4, -0.2) is 33.4 Å². The molecule has 0 atom stereocenters. The van der Waals surface area contributed by atoms with E-state index in [9.17, 15) is 9.59 Å². The van der Waals surface area contributed by atoms with E-state index in [2.05, 4.69) is 31.0 Å². The van der Waals surface area contributed by atoms with Crippen molar-refractivity contribution in [2.75, 3.05) is 0 Å². The fourth-order valence-corrected chi connectivity index (χ4v) is 4.05. The highest BCUT2D eigenvalue weighted by Crippen LogP contribution is 2.25. The normalized spacial score (nSPS) is 11.4. The maximum Gasteiger partial charge on any atom is 0.332 e. The third-order valence-corrected chi connectivity index (χ3v) is 6.11. The van der Waals surface area contributed by atoms with Gasteiger partial charge in [-0.3, -0.25) is 13.9 Å². The molecule has 11 heteroatoms. The lowest BCUT2D eigenvalue weighted by molar-refractivity contribution is 0.663. The highest BCUT2D eigenvalue weighted by Gasteiger charge is 2.18. The molecule has 0 aliphatic heterocycles. The minimum absolute atomic E-state index is 0.339. The topological polar surface area (TPSA) is 92.5 Å². The molecule has 3 heterocycles. The van der Waals surface area contributed by atoms with Gasteiger partial charge in [0, 0.05) is 25.6 Å². The Bertz CT molecular complexity index is 1320. The largest absolute Gasteiger partial charge is 0.332 e. The maximum absolute atomic E-state index is 12.5. The van der Waals surface area contributed by atoms with Crippen molar-refractivity contribution < 1.29 is 0 Å². The van der Waals surface area contributed by atoms with Gasteiger partial charge in [0.05, 0.1) is 6.54 Å². The highest BCUT2D eigenvalue weighted by molar-refractivity contribution is 9.10. The first-order chi connectivity index (χ1) is 13.4. The van der Waals surface area contributed by atoms with Crippen LogP contribution in [0.25, 0.3) is 11.2 Å². The smallest absolute Gasteiger partial charge is 0.316 e. The van der Waals surface area contributed by atoms with E-state index in [-0.39, 0.29) is 5.56 Å². The second kappa shape index (κ2) is 7.06. The zero-order valence-corrected chi connectivity index (χ0v) is 17.7. The molecule has 0 spiro atoms. The summed E-state index contributed by atoms with van der Waals surface area (Å²) in [6.07, 6.45) is 1.65. The second-order valence-electron chi connectivity index (χ2n) is 6.25. The molecule has 0 saturated carbocycles. The number of benzene rings is 1. The molecular formula is C17H16BrN7O2S. The fraction of sp³-hybridized carbons (Fsp3) is 0.235. The monoisotopic (exact) mass is 461 g/mol. The Labute approximate surface area is 171 Å². The molecule has 4 rings (SSSR count). The number of nitrogens with zero attached hydrogens (tertiary/aromatic N) is 7. The van der Waals surface area contributed by atoms with Gasteiger partial charge in [0.1, 0.15) is 6.33 Å². The van der Waals surface area contributed by atoms with Crippen molar-refractivity contribution in [2.24, 2.45) is 21.1 Å². The van der Waals surface area contributed by atoms with Crippen molar-refractivity contribution in [2.45, 2.75) is 16.9 Å². The van der Waals surface area contributed by atoms with E-state index in [0.717, 1.165) is 14.6 Å². The molecule has 0 unspecified atom stereocenters. The Morgan fingerprint density at radius 3 is 2.57 bits per heavy atom. The summed E-state index contributed by atoms with van der Waals surface area (Å²) in [5.74, 6) is 0. The molecule has 0 fully saturated rings. The molecule has 0 bridgehead atoms. The van der Waals surface area contributed by atoms with Gasteiger partial charge in [0.25, 0.3) is 5.56 Å². The number of hydrogen-bond donors (Lipinski definition) is 0. The van der Waals surface area contributed by atoms with Gasteiger partial charge in [-0.25, -0.2) is 19.4 Å². The van der Waals surface area contributed by atoms with Gasteiger partial charge >= 0.3 is 5.69 Å². The van der Waals surface area contributed by atoms with E-state index < -0.39 is 5.69 Å². The van der Waals surface area contributed by atoms with Gasteiger partial charge < -0.3 is 4.57 Å². The molecule has 0 saturated heterocycles. The van der Waals surface area contributed by atoms with E-state index >= 15 is 0 Å². The molecule has 0 aliphatic carbocycles. The molecule has 1 aromatic carbocycles. The van der Waals surface area contributed by atoms with Crippen LogP contribution >= 0.6 is 27.7 Å². The van der Waals surface area contributed by atoms with Gasteiger partial charge in [-0.05, 0) is 23.4 Å². The lowest BCUT2D eigenvalue weighted by atomic mass is 10.2. The van der Waals surface area contributed by atoms with Crippen molar-refractivity contribution in [1.82, 2.24) is 33.4 Å². The molecule has 3 aromatic heterocycles. The summed E-state index contributed by atoms with van der Waals surface area (Å²) in [7, 11) is 4.78. The summed E-state index contributed by atoms with van der Waals surface area (Å²) < 4.78 is 6.84. The molecule has 0 N–H and O–H groups in total. The van der Waals surface area contributed by atoms with Crippen LogP contribution in [0.5, 0.6) is 0 Å². The lowest BCUT2D eigenvalue weighted by Gasteiger charge is -2.03. The second-order valence-corrected chi connectivity index (χ2v) is 8.04. The third kappa shape index (κ3) is 3.10. The summed E-state index contributed by atoms with van der Waals surface area (Å²) in [4.78, 5) is 33.4. The van der Waals surface area contributed by atoms with E-state index in [1.165, 1.54) is 23.4 Å². The van der Waals surface area contributed by atoms with Crippen LogP contribution in [0.3, 0.4) is 0 Å². The van der Waals surface area contributed by atoms with Gasteiger partial charge in [-0.15, -0.1) is 5.10 Å². The van der Waals surface area contributed by atoms with E-state index in [1.54, 1.807) is 29.7 Å². The Balaban J connectivity index is 1.67. The number of aromatic nitrogens is 7. The molecule has 0 amide bonds. The SMILES string of the molecule is Cn1c(=O)c2c(nc(Sc3ncn(Cc4ccccc4Br)n3)n2C)n(C)c1=O. The minimum Gasteiger partial charge on any atom is -0.316 e. The van der Waals surface area contributed by atoms with E-state index in [0.29, 0.717) is 28.0 Å². The number of rotatable bonds is 4. The molecule has 0 radical (unpaired) electrons. The number of fused-ring (bicyclic) bond motifs is 1. The molecular weight excluding hydrogens is 446 g/mol. The van der Waals surface area contributed by atoms with E-state index in [4.69, 9.17) is 0 Å². The summed E-state index contributed by atoms with van der Waals surface area (Å²) in [6, 6.07) is 7.92. The number of hydrogen-bond acceptors (Lipinski definition) is 6. The first kappa shape index (κ1) is 18.7. The zero-order chi connectivity index (χ0) is 20.0. The summed E-state index contributed by atoms with van der Waals surface area (Å²) in [5.41, 5.74) is 0.992. The third-order valence-electron chi connectivity index (χ3n) is 4.42. The molecule has 28 heavy (non-hydrogen) atoms. The Hall–Kier alpha value is -2.66. The van der Waals surface area contributed by atoms with Crippen LogP contribution in [0.4, 0.5) is 0 Å². The summed E-state index contributed by atoms with van der Waals surface area (Å²) >= 11 is 4.77. The quantitative estimate of drug-likeness (QED) is 0.457.